The average molecular weight is 421 g/mol. The maximum absolute atomic E-state index is 11.8. The number of carbonyl (C=O) groups excluding carboxylic acids is 1. The van der Waals surface area contributed by atoms with Crippen molar-refractivity contribution in [1.29, 1.82) is 0 Å². The molecular weight excluding hydrogens is 384 g/mol. The SMILES string of the molecule is C[C@@]12CC[C@@H](OC=O)C[C@@H]1CC[C@@H]1[C@H]3CC[C@@](O)(C#Cc4ccccc4)[C@@]3(C)CC[C@@H]12. The van der Waals surface area contributed by atoms with Crippen LogP contribution < -0.4 is 0 Å². The number of aliphatic hydroxyl groups is 1. The van der Waals surface area contributed by atoms with Crippen LogP contribution in [0.2, 0.25) is 0 Å². The molecule has 0 unspecified atom stereocenters. The molecule has 0 heterocycles. The molecule has 0 aliphatic heterocycles. The lowest BCUT2D eigenvalue weighted by molar-refractivity contribution is -0.156. The number of hydrogen-bond acceptors (Lipinski definition) is 3. The standard InChI is InChI=1S/C28H36O3/c1-26-14-11-22(31-19-29)18-21(26)8-9-23-24(26)12-15-27(2)25(23)13-17-28(27,30)16-10-20-6-4-3-5-7-20/h3-7,19,21-25,30H,8-9,11-15,17-18H2,1-2H3/t21-,22+,23-,24-,25+,26+,27-,28-/m0/s1. The van der Waals surface area contributed by atoms with Gasteiger partial charge >= 0.3 is 0 Å². The topological polar surface area (TPSA) is 46.5 Å². The van der Waals surface area contributed by atoms with E-state index in [2.05, 4.69) is 25.7 Å². The van der Waals surface area contributed by atoms with Gasteiger partial charge in [0.2, 0.25) is 0 Å². The smallest absolute Gasteiger partial charge is 0.293 e. The van der Waals surface area contributed by atoms with Gasteiger partial charge in [0, 0.05) is 11.0 Å². The predicted octanol–water partition coefficient (Wildman–Crippen LogP) is 5.35. The summed E-state index contributed by atoms with van der Waals surface area (Å²) in [5.41, 5.74) is 0.338. The summed E-state index contributed by atoms with van der Waals surface area (Å²) >= 11 is 0. The molecule has 1 N–H and O–H groups in total. The highest BCUT2D eigenvalue weighted by Crippen LogP contribution is 2.68. The number of rotatable bonds is 2. The molecule has 5 rings (SSSR count). The van der Waals surface area contributed by atoms with Gasteiger partial charge in [-0.2, -0.15) is 0 Å². The fourth-order valence-corrected chi connectivity index (χ4v) is 8.34. The Morgan fingerprint density at radius 2 is 1.77 bits per heavy atom. The van der Waals surface area contributed by atoms with Gasteiger partial charge in [0.1, 0.15) is 11.7 Å². The van der Waals surface area contributed by atoms with Gasteiger partial charge in [-0.1, -0.05) is 43.9 Å². The minimum atomic E-state index is -0.883. The molecule has 4 aliphatic carbocycles. The summed E-state index contributed by atoms with van der Waals surface area (Å²) in [6.07, 6.45) is 9.95. The molecule has 4 fully saturated rings. The normalized spacial score (nSPS) is 46.0. The summed E-state index contributed by atoms with van der Waals surface area (Å²) in [5, 5.41) is 11.8. The quantitative estimate of drug-likeness (QED) is 0.518. The highest BCUT2D eigenvalue weighted by molar-refractivity contribution is 5.38. The van der Waals surface area contributed by atoms with Gasteiger partial charge in [-0.3, -0.25) is 4.79 Å². The predicted molar refractivity (Wildman–Crippen MR) is 121 cm³/mol. The highest BCUT2D eigenvalue weighted by atomic mass is 16.5. The molecule has 0 bridgehead atoms. The molecule has 3 nitrogen and oxygen atoms in total. The van der Waals surface area contributed by atoms with Gasteiger partial charge in [-0.25, -0.2) is 0 Å². The van der Waals surface area contributed by atoms with Crippen LogP contribution in [0, 0.1) is 46.3 Å². The molecule has 3 heteroatoms. The Balaban J connectivity index is 1.38. The molecule has 8 atom stereocenters. The van der Waals surface area contributed by atoms with Crippen molar-refractivity contribution in [3.05, 3.63) is 35.9 Å². The Kier molecular flexibility index (Phi) is 5.21. The summed E-state index contributed by atoms with van der Waals surface area (Å²) in [7, 11) is 0. The van der Waals surface area contributed by atoms with E-state index in [1.807, 2.05) is 30.3 Å². The summed E-state index contributed by atoms with van der Waals surface area (Å²) in [5.74, 6) is 9.27. The fourth-order valence-electron chi connectivity index (χ4n) is 8.34. The van der Waals surface area contributed by atoms with Crippen LogP contribution in [0.3, 0.4) is 0 Å². The maximum Gasteiger partial charge on any atom is 0.293 e. The van der Waals surface area contributed by atoms with Crippen molar-refractivity contribution in [1.82, 2.24) is 0 Å². The zero-order valence-corrected chi connectivity index (χ0v) is 19.0. The van der Waals surface area contributed by atoms with Crippen molar-refractivity contribution in [2.24, 2.45) is 34.5 Å². The second-order valence-electron chi connectivity index (χ2n) is 11.3. The molecule has 4 saturated carbocycles. The van der Waals surface area contributed by atoms with Crippen LogP contribution in [0.25, 0.3) is 0 Å². The van der Waals surface area contributed by atoms with E-state index in [-0.39, 0.29) is 11.5 Å². The van der Waals surface area contributed by atoms with E-state index in [9.17, 15) is 9.90 Å². The van der Waals surface area contributed by atoms with Crippen molar-refractivity contribution < 1.29 is 14.6 Å². The minimum Gasteiger partial charge on any atom is -0.465 e. The summed E-state index contributed by atoms with van der Waals surface area (Å²) in [6, 6.07) is 10.1. The number of fused-ring (bicyclic) bond motifs is 5. The summed E-state index contributed by atoms with van der Waals surface area (Å²) in [6.45, 7) is 5.48. The fraction of sp³-hybridized carbons (Fsp3) is 0.679. The van der Waals surface area contributed by atoms with Crippen molar-refractivity contribution in [2.45, 2.75) is 83.3 Å². The van der Waals surface area contributed by atoms with Crippen molar-refractivity contribution in [3.8, 4) is 11.8 Å². The Bertz CT molecular complexity index is 885. The maximum atomic E-state index is 11.8. The first-order valence-electron chi connectivity index (χ1n) is 12.3. The van der Waals surface area contributed by atoms with E-state index in [1.165, 1.54) is 25.7 Å². The lowest BCUT2D eigenvalue weighted by atomic mass is 9.44. The lowest BCUT2D eigenvalue weighted by Gasteiger charge is -2.61. The summed E-state index contributed by atoms with van der Waals surface area (Å²) in [4.78, 5) is 10.8. The van der Waals surface area contributed by atoms with Crippen molar-refractivity contribution >= 4 is 6.47 Å². The van der Waals surface area contributed by atoms with Crippen LogP contribution in [-0.2, 0) is 9.53 Å². The molecule has 0 radical (unpaired) electrons. The number of ether oxygens (including phenoxy) is 1. The second-order valence-corrected chi connectivity index (χ2v) is 11.3. The molecule has 166 valence electrons. The van der Waals surface area contributed by atoms with Gasteiger partial charge in [0.15, 0.2) is 0 Å². The Hall–Kier alpha value is -1.79. The van der Waals surface area contributed by atoms with Crippen LogP contribution in [0.15, 0.2) is 30.3 Å². The third-order valence-corrected chi connectivity index (χ3v) is 10.2. The minimum absolute atomic E-state index is 0.114. The zero-order chi connectivity index (χ0) is 21.7. The number of carbonyl (C=O) groups is 1. The van der Waals surface area contributed by atoms with E-state index < -0.39 is 5.60 Å². The number of benzene rings is 1. The van der Waals surface area contributed by atoms with Crippen LogP contribution in [0.1, 0.15) is 77.2 Å². The molecule has 0 aromatic heterocycles. The molecule has 1 aromatic carbocycles. The Morgan fingerprint density at radius 1 is 1.00 bits per heavy atom. The molecule has 1 aromatic rings. The van der Waals surface area contributed by atoms with Gasteiger partial charge in [0.05, 0.1) is 0 Å². The Morgan fingerprint density at radius 3 is 2.55 bits per heavy atom. The molecule has 0 spiro atoms. The van der Waals surface area contributed by atoms with Crippen molar-refractivity contribution in [2.75, 3.05) is 0 Å². The van der Waals surface area contributed by atoms with E-state index in [4.69, 9.17) is 4.74 Å². The average Bonchev–Trinajstić information content (AvgIpc) is 3.05. The van der Waals surface area contributed by atoms with Gasteiger partial charge < -0.3 is 9.84 Å². The first kappa shape index (κ1) is 21.1. The van der Waals surface area contributed by atoms with Gasteiger partial charge in [0.25, 0.3) is 6.47 Å². The molecule has 4 aliphatic rings. The van der Waals surface area contributed by atoms with E-state index >= 15 is 0 Å². The lowest BCUT2D eigenvalue weighted by Crippen LogP contribution is -2.56. The first-order valence-corrected chi connectivity index (χ1v) is 12.3. The largest absolute Gasteiger partial charge is 0.465 e. The second kappa shape index (κ2) is 7.66. The van der Waals surface area contributed by atoms with Gasteiger partial charge in [-0.15, -0.1) is 0 Å². The molecular formula is C28H36O3. The van der Waals surface area contributed by atoms with Crippen LogP contribution in [0.5, 0.6) is 0 Å². The molecule has 31 heavy (non-hydrogen) atoms. The van der Waals surface area contributed by atoms with Crippen molar-refractivity contribution in [3.63, 3.8) is 0 Å². The van der Waals surface area contributed by atoms with Gasteiger partial charge in [-0.05, 0) is 99.0 Å². The van der Waals surface area contributed by atoms with Crippen LogP contribution >= 0.6 is 0 Å². The zero-order valence-electron chi connectivity index (χ0n) is 19.0. The third-order valence-electron chi connectivity index (χ3n) is 10.2. The van der Waals surface area contributed by atoms with E-state index in [0.717, 1.165) is 43.6 Å². The van der Waals surface area contributed by atoms with Crippen LogP contribution in [-0.4, -0.2) is 23.3 Å². The number of hydrogen-bond donors (Lipinski definition) is 1. The van der Waals surface area contributed by atoms with E-state index in [0.29, 0.717) is 29.6 Å². The van der Waals surface area contributed by atoms with E-state index in [1.54, 1.807) is 0 Å². The monoisotopic (exact) mass is 420 g/mol. The summed E-state index contributed by atoms with van der Waals surface area (Å²) < 4.78 is 5.36. The molecule has 0 amide bonds. The highest BCUT2D eigenvalue weighted by Gasteiger charge is 2.64. The Labute approximate surface area is 187 Å². The third kappa shape index (κ3) is 3.25. The van der Waals surface area contributed by atoms with Crippen LogP contribution in [0.4, 0.5) is 0 Å². The first-order chi connectivity index (χ1) is 14.9. The molecule has 0 saturated heterocycles.